The number of fused-ring (bicyclic) bond motifs is 1. The molecule has 1 atom stereocenters. The Morgan fingerprint density at radius 2 is 1.77 bits per heavy atom. The first-order valence-electron chi connectivity index (χ1n) is 9.49. The molecule has 3 aromatic rings. The molecule has 160 valence electrons. The molecule has 2 N–H and O–H groups in total. The van der Waals surface area contributed by atoms with E-state index in [1.807, 2.05) is 26.0 Å². The van der Waals surface area contributed by atoms with Crippen LogP contribution in [0, 0.1) is 19.8 Å². The highest BCUT2D eigenvalue weighted by Crippen LogP contribution is 2.20. The van der Waals surface area contributed by atoms with Crippen LogP contribution in [0.2, 0.25) is 0 Å². The first kappa shape index (κ1) is 21.8. The lowest BCUT2D eigenvalue weighted by Gasteiger charge is -2.22. The Morgan fingerprint density at radius 1 is 1.07 bits per heavy atom. The van der Waals surface area contributed by atoms with E-state index in [0.29, 0.717) is 11.2 Å². The van der Waals surface area contributed by atoms with Crippen molar-refractivity contribution in [1.82, 2.24) is 9.29 Å². The van der Waals surface area contributed by atoms with Crippen LogP contribution < -0.4 is 15.8 Å². The van der Waals surface area contributed by atoms with Crippen LogP contribution in [0.1, 0.15) is 25.0 Å². The van der Waals surface area contributed by atoms with Gasteiger partial charge in [0.1, 0.15) is 6.04 Å². The maximum atomic E-state index is 12.9. The van der Waals surface area contributed by atoms with Crippen molar-refractivity contribution in [3.05, 3.63) is 58.1 Å². The number of amides is 1. The molecule has 0 spiro atoms. The van der Waals surface area contributed by atoms with Crippen LogP contribution in [0.25, 0.3) is 11.1 Å². The van der Waals surface area contributed by atoms with Crippen molar-refractivity contribution in [3.8, 4) is 0 Å². The Labute approximate surface area is 174 Å². The van der Waals surface area contributed by atoms with Gasteiger partial charge in [-0.3, -0.25) is 9.36 Å². The fourth-order valence-electron chi connectivity index (χ4n) is 3.05. The van der Waals surface area contributed by atoms with Crippen LogP contribution in [-0.2, 0) is 21.9 Å². The zero-order chi connectivity index (χ0) is 22.2. The van der Waals surface area contributed by atoms with Crippen LogP contribution in [0.3, 0.4) is 0 Å². The summed E-state index contributed by atoms with van der Waals surface area (Å²) in [5, 5.41) is 2.78. The van der Waals surface area contributed by atoms with Crippen LogP contribution >= 0.6 is 0 Å². The average Bonchev–Trinajstić information content (AvgIpc) is 2.96. The summed E-state index contributed by atoms with van der Waals surface area (Å²) >= 11 is 0. The minimum atomic E-state index is -4.03. The van der Waals surface area contributed by atoms with Crippen molar-refractivity contribution >= 4 is 32.7 Å². The van der Waals surface area contributed by atoms with Crippen molar-refractivity contribution in [2.45, 2.75) is 38.6 Å². The van der Waals surface area contributed by atoms with Gasteiger partial charge in [-0.25, -0.2) is 13.2 Å². The Hall–Kier alpha value is -2.91. The van der Waals surface area contributed by atoms with Gasteiger partial charge in [0, 0.05) is 18.8 Å². The van der Waals surface area contributed by atoms with Gasteiger partial charge in [0.25, 0.3) is 0 Å². The largest absolute Gasteiger partial charge is 0.419 e. The van der Waals surface area contributed by atoms with Gasteiger partial charge < -0.3 is 9.73 Å². The summed E-state index contributed by atoms with van der Waals surface area (Å²) in [6, 6.07) is 8.66. The van der Waals surface area contributed by atoms with Gasteiger partial charge in [-0.1, -0.05) is 19.9 Å². The van der Waals surface area contributed by atoms with E-state index < -0.39 is 27.7 Å². The molecule has 0 unspecified atom stereocenters. The number of sulfonamides is 1. The average molecular weight is 432 g/mol. The number of nitrogens with one attached hydrogen (secondary N) is 2. The zero-order valence-electron chi connectivity index (χ0n) is 17.5. The molecule has 1 aromatic heterocycles. The monoisotopic (exact) mass is 431 g/mol. The molecule has 2 aromatic carbocycles. The van der Waals surface area contributed by atoms with Crippen molar-refractivity contribution < 1.29 is 17.6 Å². The molecule has 0 aliphatic heterocycles. The van der Waals surface area contributed by atoms with Gasteiger partial charge in [0.05, 0.1) is 10.4 Å². The van der Waals surface area contributed by atoms with E-state index in [1.54, 1.807) is 19.9 Å². The number of aryl methyl sites for hydroxylation is 3. The third-order valence-corrected chi connectivity index (χ3v) is 6.52. The van der Waals surface area contributed by atoms with Gasteiger partial charge >= 0.3 is 5.76 Å². The molecule has 3 rings (SSSR count). The molecule has 30 heavy (non-hydrogen) atoms. The fourth-order valence-corrected chi connectivity index (χ4v) is 4.41. The second-order valence-corrected chi connectivity index (χ2v) is 9.40. The maximum absolute atomic E-state index is 12.9. The maximum Gasteiger partial charge on any atom is 0.419 e. The van der Waals surface area contributed by atoms with Gasteiger partial charge in [-0.2, -0.15) is 4.72 Å². The summed E-state index contributed by atoms with van der Waals surface area (Å²) in [6.45, 7) is 7.42. The van der Waals surface area contributed by atoms with Crippen molar-refractivity contribution in [2.75, 3.05) is 5.32 Å². The Kier molecular flexibility index (Phi) is 5.87. The lowest BCUT2D eigenvalue weighted by atomic mass is 10.0. The zero-order valence-corrected chi connectivity index (χ0v) is 18.3. The summed E-state index contributed by atoms with van der Waals surface area (Å²) in [7, 11) is -2.50. The molecule has 0 fully saturated rings. The molecule has 0 saturated heterocycles. The van der Waals surface area contributed by atoms with Crippen LogP contribution in [0.15, 0.2) is 50.5 Å². The summed E-state index contributed by atoms with van der Waals surface area (Å²) in [4.78, 5) is 24.4. The number of benzene rings is 2. The number of aromatic nitrogens is 1. The van der Waals surface area contributed by atoms with E-state index in [-0.39, 0.29) is 16.4 Å². The third kappa shape index (κ3) is 4.31. The molecule has 1 heterocycles. The topological polar surface area (TPSA) is 110 Å². The predicted octanol–water partition coefficient (Wildman–Crippen LogP) is 2.69. The molecular weight excluding hydrogens is 406 g/mol. The summed E-state index contributed by atoms with van der Waals surface area (Å²) < 4.78 is 34.7. The normalized spacial score (nSPS) is 13.0. The molecule has 0 bridgehead atoms. The SMILES string of the molecule is Cc1ccc(NC(=O)[C@H](NS(=O)(=O)c2ccc3c(c2)oc(=O)n3C)C(C)C)cc1C. The number of carbonyl (C=O) groups excluding carboxylic acids is 1. The molecule has 9 heteroatoms. The summed E-state index contributed by atoms with van der Waals surface area (Å²) in [5.41, 5.74) is 3.35. The van der Waals surface area contributed by atoms with Gasteiger partial charge in [0.15, 0.2) is 5.58 Å². The lowest BCUT2D eigenvalue weighted by molar-refractivity contribution is -0.118. The van der Waals surface area contributed by atoms with E-state index >= 15 is 0 Å². The highest BCUT2D eigenvalue weighted by Gasteiger charge is 2.29. The van der Waals surface area contributed by atoms with Crippen molar-refractivity contribution in [1.29, 1.82) is 0 Å². The minimum Gasteiger partial charge on any atom is -0.408 e. The van der Waals surface area contributed by atoms with Gasteiger partial charge in [-0.15, -0.1) is 0 Å². The standard InChI is InChI=1S/C21H25N3O5S/c1-12(2)19(20(25)22-15-7-6-13(3)14(4)10-15)23-30(27,28)16-8-9-17-18(11-16)29-21(26)24(17)5/h6-12,19,23H,1-5H3,(H,22,25)/t19-/m1/s1. The Bertz CT molecular complexity index is 1270. The Balaban J connectivity index is 1.86. The number of hydrogen-bond acceptors (Lipinski definition) is 5. The number of nitrogens with zero attached hydrogens (tertiary/aromatic N) is 1. The number of rotatable bonds is 6. The summed E-state index contributed by atoms with van der Waals surface area (Å²) in [6.07, 6.45) is 0. The lowest BCUT2D eigenvalue weighted by Crippen LogP contribution is -2.47. The van der Waals surface area contributed by atoms with Crippen molar-refractivity contribution in [3.63, 3.8) is 0 Å². The number of anilines is 1. The van der Waals surface area contributed by atoms with E-state index in [9.17, 15) is 18.0 Å². The second kappa shape index (κ2) is 8.08. The molecular formula is C21H25N3O5S. The van der Waals surface area contributed by atoms with Crippen LogP contribution in [-0.4, -0.2) is 24.9 Å². The molecule has 0 aliphatic carbocycles. The minimum absolute atomic E-state index is 0.0889. The molecule has 8 nitrogen and oxygen atoms in total. The molecule has 1 amide bonds. The smallest absolute Gasteiger partial charge is 0.408 e. The quantitative estimate of drug-likeness (QED) is 0.623. The first-order valence-corrected chi connectivity index (χ1v) is 11.0. The van der Waals surface area contributed by atoms with Crippen LogP contribution in [0.4, 0.5) is 5.69 Å². The van der Waals surface area contributed by atoms with Crippen molar-refractivity contribution in [2.24, 2.45) is 13.0 Å². The molecule has 0 saturated carbocycles. The fraction of sp³-hybridized carbons (Fsp3) is 0.333. The second-order valence-electron chi connectivity index (χ2n) is 7.69. The predicted molar refractivity (Wildman–Crippen MR) is 115 cm³/mol. The number of oxazole rings is 1. The van der Waals surface area contributed by atoms with E-state index in [0.717, 1.165) is 11.1 Å². The van der Waals surface area contributed by atoms with E-state index in [2.05, 4.69) is 10.0 Å². The molecule has 0 aliphatic rings. The van der Waals surface area contributed by atoms with Crippen LogP contribution in [0.5, 0.6) is 0 Å². The summed E-state index contributed by atoms with van der Waals surface area (Å²) in [5.74, 6) is -1.34. The molecule has 0 radical (unpaired) electrons. The first-order chi connectivity index (χ1) is 14.0. The third-order valence-electron chi connectivity index (χ3n) is 5.08. The number of carbonyl (C=O) groups is 1. The van der Waals surface area contributed by atoms with E-state index in [4.69, 9.17) is 4.42 Å². The number of hydrogen-bond donors (Lipinski definition) is 2. The highest BCUT2D eigenvalue weighted by molar-refractivity contribution is 7.89. The highest BCUT2D eigenvalue weighted by atomic mass is 32.2. The van der Waals surface area contributed by atoms with Gasteiger partial charge in [-0.05, 0) is 55.2 Å². The van der Waals surface area contributed by atoms with E-state index in [1.165, 1.54) is 29.8 Å². The van der Waals surface area contributed by atoms with Gasteiger partial charge in [0.2, 0.25) is 15.9 Å². The Morgan fingerprint density at radius 3 is 2.40 bits per heavy atom.